The van der Waals surface area contributed by atoms with Crippen LogP contribution in [-0.4, -0.2) is 55.0 Å². The Hall–Kier alpha value is -0.620. The highest BCUT2D eigenvalue weighted by Crippen LogP contribution is 2.16. The minimum Gasteiger partial charge on any atom is -0.390 e. The Bertz CT molecular complexity index is 287. The fraction of sp³-hybridized carbons (Fsp3) is 0.857. The number of carbonyl (C=O) groups excluding carboxylic acids is 1. The summed E-state index contributed by atoms with van der Waals surface area (Å²) in [6.45, 7) is 2.16. The van der Waals surface area contributed by atoms with Gasteiger partial charge >= 0.3 is 0 Å². The molecule has 0 saturated carbocycles. The maximum atomic E-state index is 11.1. The van der Waals surface area contributed by atoms with E-state index in [0.717, 1.165) is 0 Å². The van der Waals surface area contributed by atoms with Crippen molar-refractivity contribution in [3.8, 4) is 0 Å². The SMILES string of the molecule is CCN(C=O)[C@H]1CS(=O)(=O)C[C@H]1O. The highest BCUT2D eigenvalue weighted by Gasteiger charge is 2.39. The average Bonchev–Trinajstić information content (AvgIpc) is 2.28. The van der Waals surface area contributed by atoms with Crippen molar-refractivity contribution in [2.24, 2.45) is 0 Å². The lowest BCUT2D eigenvalue weighted by Crippen LogP contribution is -2.42. The predicted octanol–water partition coefficient (Wildman–Crippen LogP) is -1.38. The summed E-state index contributed by atoms with van der Waals surface area (Å²) in [5.74, 6) is -0.358. The number of aliphatic hydroxyl groups is 1. The summed E-state index contributed by atoms with van der Waals surface area (Å²) in [7, 11) is -3.16. The van der Waals surface area contributed by atoms with Crippen molar-refractivity contribution in [2.45, 2.75) is 19.1 Å². The van der Waals surface area contributed by atoms with Crippen LogP contribution < -0.4 is 0 Å². The number of sulfone groups is 1. The second kappa shape index (κ2) is 3.63. The first-order valence-corrected chi connectivity index (χ1v) is 5.92. The van der Waals surface area contributed by atoms with Gasteiger partial charge in [-0.1, -0.05) is 0 Å². The molecule has 0 spiro atoms. The van der Waals surface area contributed by atoms with Crippen LogP contribution in [0.3, 0.4) is 0 Å². The summed E-state index contributed by atoms with van der Waals surface area (Å²) in [5, 5.41) is 9.38. The standard InChI is InChI=1S/C7H13NO4S/c1-2-8(5-9)6-3-13(11,12)4-7(6)10/h5-7,10H,2-4H2,1H3/t6-,7+/m0/s1. The number of hydrogen-bond acceptors (Lipinski definition) is 4. The Labute approximate surface area is 77.3 Å². The van der Waals surface area contributed by atoms with Crippen molar-refractivity contribution in [1.82, 2.24) is 4.90 Å². The second-order valence-corrected chi connectivity index (χ2v) is 5.30. The first kappa shape index (κ1) is 10.5. The average molecular weight is 207 g/mol. The van der Waals surface area contributed by atoms with Gasteiger partial charge in [0.15, 0.2) is 9.84 Å². The van der Waals surface area contributed by atoms with Crippen molar-refractivity contribution in [1.29, 1.82) is 0 Å². The van der Waals surface area contributed by atoms with Crippen LogP contribution in [0.1, 0.15) is 6.92 Å². The highest BCUT2D eigenvalue weighted by atomic mass is 32.2. The minimum absolute atomic E-state index is 0.124. The number of rotatable bonds is 3. The molecule has 0 aromatic rings. The molecule has 1 aliphatic rings. The number of nitrogens with zero attached hydrogens (tertiary/aromatic N) is 1. The zero-order valence-electron chi connectivity index (χ0n) is 7.38. The van der Waals surface area contributed by atoms with Crippen LogP contribution in [0, 0.1) is 0 Å². The number of carbonyl (C=O) groups is 1. The summed E-state index contributed by atoms with van der Waals surface area (Å²) in [6.07, 6.45) is -0.357. The van der Waals surface area contributed by atoms with E-state index in [9.17, 15) is 18.3 Å². The zero-order valence-corrected chi connectivity index (χ0v) is 8.20. The van der Waals surface area contributed by atoms with Crippen molar-refractivity contribution in [3.63, 3.8) is 0 Å². The third kappa shape index (κ3) is 2.19. The van der Waals surface area contributed by atoms with Crippen LogP contribution in [-0.2, 0) is 14.6 Å². The van der Waals surface area contributed by atoms with Gasteiger partial charge in [-0.3, -0.25) is 4.79 Å². The summed E-state index contributed by atoms with van der Waals surface area (Å²) in [4.78, 5) is 11.8. The second-order valence-electron chi connectivity index (χ2n) is 3.15. The van der Waals surface area contributed by atoms with Gasteiger partial charge in [-0.05, 0) is 6.92 Å². The zero-order chi connectivity index (χ0) is 10.1. The van der Waals surface area contributed by atoms with Gasteiger partial charge in [-0.15, -0.1) is 0 Å². The molecule has 13 heavy (non-hydrogen) atoms. The van der Waals surface area contributed by atoms with Crippen molar-refractivity contribution in [3.05, 3.63) is 0 Å². The molecular weight excluding hydrogens is 194 g/mol. The van der Waals surface area contributed by atoms with Crippen LogP contribution in [0.2, 0.25) is 0 Å². The molecule has 1 aliphatic heterocycles. The third-order valence-electron chi connectivity index (χ3n) is 2.22. The van der Waals surface area contributed by atoms with Gasteiger partial charge in [-0.25, -0.2) is 8.42 Å². The quantitative estimate of drug-likeness (QED) is 0.579. The molecule has 5 nitrogen and oxygen atoms in total. The Morgan fingerprint density at radius 2 is 2.15 bits per heavy atom. The minimum atomic E-state index is -3.16. The van der Waals surface area contributed by atoms with Crippen LogP contribution in [0.4, 0.5) is 0 Å². The van der Waals surface area contributed by atoms with Gasteiger partial charge in [0.05, 0.1) is 23.7 Å². The fourth-order valence-corrected chi connectivity index (χ4v) is 3.33. The van der Waals surface area contributed by atoms with Crippen molar-refractivity contribution >= 4 is 16.2 Å². The molecular formula is C7H13NO4S. The van der Waals surface area contributed by atoms with E-state index in [0.29, 0.717) is 13.0 Å². The largest absolute Gasteiger partial charge is 0.390 e. The molecule has 1 heterocycles. The molecule has 1 saturated heterocycles. The van der Waals surface area contributed by atoms with Crippen molar-refractivity contribution < 1.29 is 18.3 Å². The van der Waals surface area contributed by atoms with Crippen LogP contribution >= 0.6 is 0 Å². The molecule has 1 N–H and O–H groups in total. The van der Waals surface area contributed by atoms with Crippen LogP contribution in [0.15, 0.2) is 0 Å². The Balaban J connectivity index is 2.77. The molecule has 1 fully saturated rings. The predicted molar refractivity (Wildman–Crippen MR) is 46.9 cm³/mol. The fourth-order valence-electron chi connectivity index (χ4n) is 1.51. The normalized spacial score (nSPS) is 31.5. The Morgan fingerprint density at radius 1 is 1.54 bits per heavy atom. The van der Waals surface area contributed by atoms with Gasteiger partial charge in [0.1, 0.15) is 0 Å². The first-order chi connectivity index (χ1) is 6.00. The summed E-state index contributed by atoms with van der Waals surface area (Å²) < 4.78 is 22.2. The van der Waals surface area contributed by atoms with Crippen LogP contribution in [0.5, 0.6) is 0 Å². The molecule has 6 heteroatoms. The maximum absolute atomic E-state index is 11.1. The van der Waals surface area contributed by atoms with Crippen LogP contribution in [0.25, 0.3) is 0 Å². The highest BCUT2D eigenvalue weighted by molar-refractivity contribution is 7.91. The molecule has 0 aromatic heterocycles. The first-order valence-electron chi connectivity index (χ1n) is 4.09. The molecule has 1 amide bonds. The molecule has 0 aromatic carbocycles. The van der Waals surface area contributed by atoms with Gasteiger partial charge in [0.2, 0.25) is 6.41 Å². The molecule has 76 valence electrons. The smallest absolute Gasteiger partial charge is 0.210 e. The van der Waals surface area contributed by atoms with Crippen molar-refractivity contribution in [2.75, 3.05) is 18.1 Å². The number of amides is 1. The lowest BCUT2D eigenvalue weighted by atomic mass is 10.2. The number of hydrogen-bond donors (Lipinski definition) is 1. The Morgan fingerprint density at radius 3 is 2.46 bits per heavy atom. The van der Waals surface area contributed by atoms with E-state index in [1.807, 2.05) is 0 Å². The van der Waals surface area contributed by atoms with Gasteiger partial charge < -0.3 is 10.0 Å². The molecule has 1 rings (SSSR count). The maximum Gasteiger partial charge on any atom is 0.210 e. The molecule has 2 atom stereocenters. The Kier molecular flexibility index (Phi) is 2.92. The monoisotopic (exact) mass is 207 g/mol. The summed E-state index contributed by atoms with van der Waals surface area (Å²) >= 11 is 0. The van der Waals surface area contributed by atoms with Gasteiger partial charge in [0, 0.05) is 6.54 Å². The van der Waals surface area contributed by atoms with E-state index < -0.39 is 22.0 Å². The number of likely N-dealkylation sites (N-methyl/N-ethyl adjacent to an activating group) is 1. The van der Waals surface area contributed by atoms with Gasteiger partial charge in [-0.2, -0.15) is 0 Å². The third-order valence-corrected chi connectivity index (χ3v) is 3.92. The lowest BCUT2D eigenvalue weighted by molar-refractivity contribution is -0.121. The van der Waals surface area contributed by atoms with E-state index in [1.54, 1.807) is 6.92 Å². The van der Waals surface area contributed by atoms with E-state index >= 15 is 0 Å². The summed E-state index contributed by atoms with van der Waals surface area (Å²) in [6, 6.07) is -0.563. The van der Waals surface area contributed by atoms with E-state index in [2.05, 4.69) is 0 Å². The van der Waals surface area contributed by atoms with Gasteiger partial charge in [0.25, 0.3) is 0 Å². The molecule has 0 aliphatic carbocycles. The lowest BCUT2D eigenvalue weighted by Gasteiger charge is -2.24. The van der Waals surface area contributed by atoms with E-state index in [1.165, 1.54) is 4.90 Å². The van der Waals surface area contributed by atoms with E-state index in [4.69, 9.17) is 0 Å². The molecule has 0 radical (unpaired) electrons. The topological polar surface area (TPSA) is 74.7 Å². The molecule has 0 bridgehead atoms. The van der Waals surface area contributed by atoms with E-state index in [-0.39, 0.29) is 11.5 Å². The summed E-state index contributed by atoms with van der Waals surface area (Å²) in [5.41, 5.74) is 0. The molecule has 0 unspecified atom stereocenters. The number of aliphatic hydroxyl groups excluding tert-OH is 1.